The maximum Gasteiger partial charge on any atom is 0.255 e. The molecule has 110 valence electrons. The van der Waals surface area contributed by atoms with E-state index in [1.807, 2.05) is 0 Å². The summed E-state index contributed by atoms with van der Waals surface area (Å²) in [4.78, 5) is 13.7. The molecule has 0 bridgehead atoms. The summed E-state index contributed by atoms with van der Waals surface area (Å²) in [5, 5.41) is 10.5. The molecular formula is C14H17ClFNO3. The van der Waals surface area contributed by atoms with Crippen molar-refractivity contribution < 1.29 is 19.0 Å². The van der Waals surface area contributed by atoms with Crippen molar-refractivity contribution in [3.63, 3.8) is 0 Å². The van der Waals surface area contributed by atoms with Gasteiger partial charge in [-0.1, -0.05) is 11.6 Å². The van der Waals surface area contributed by atoms with E-state index >= 15 is 0 Å². The number of ether oxygens (including phenoxy) is 1. The fraction of sp³-hybridized carbons (Fsp3) is 0.500. The van der Waals surface area contributed by atoms with Crippen molar-refractivity contribution in [1.82, 2.24) is 4.90 Å². The van der Waals surface area contributed by atoms with Crippen LogP contribution in [0.2, 0.25) is 5.02 Å². The van der Waals surface area contributed by atoms with E-state index in [2.05, 4.69) is 0 Å². The first-order valence-corrected chi connectivity index (χ1v) is 6.80. The molecule has 1 fully saturated rings. The Balaban J connectivity index is 2.08. The van der Waals surface area contributed by atoms with Crippen LogP contribution in [0.25, 0.3) is 0 Å². The van der Waals surface area contributed by atoms with E-state index in [1.54, 1.807) is 7.05 Å². The van der Waals surface area contributed by atoms with Gasteiger partial charge in [-0.15, -0.1) is 0 Å². The molecule has 0 spiro atoms. The van der Waals surface area contributed by atoms with Crippen molar-refractivity contribution in [3.05, 3.63) is 34.6 Å². The minimum absolute atomic E-state index is 0.0702. The number of nitrogens with zero attached hydrogens (tertiary/aromatic N) is 1. The largest absolute Gasteiger partial charge is 0.388 e. The van der Waals surface area contributed by atoms with Crippen LogP contribution in [0.15, 0.2) is 18.2 Å². The summed E-state index contributed by atoms with van der Waals surface area (Å²) < 4.78 is 18.2. The molecule has 0 aromatic heterocycles. The lowest BCUT2D eigenvalue weighted by Gasteiger charge is -2.35. The molecule has 2 rings (SSSR count). The summed E-state index contributed by atoms with van der Waals surface area (Å²) in [6, 6.07) is 3.65. The predicted molar refractivity (Wildman–Crippen MR) is 73.4 cm³/mol. The van der Waals surface area contributed by atoms with E-state index in [-0.39, 0.29) is 23.0 Å². The van der Waals surface area contributed by atoms with Crippen LogP contribution in [0, 0.1) is 5.82 Å². The van der Waals surface area contributed by atoms with Crippen molar-refractivity contribution in [2.45, 2.75) is 18.4 Å². The summed E-state index contributed by atoms with van der Waals surface area (Å²) in [6.07, 6.45) is 0.976. The van der Waals surface area contributed by atoms with E-state index in [1.165, 1.54) is 17.0 Å². The molecule has 4 nitrogen and oxygen atoms in total. The standard InChI is InChI=1S/C14H17ClFNO3/c1-17(9-14(19)4-6-20-7-5-14)13(18)11-3-2-10(16)8-12(11)15/h2-3,8,19H,4-7,9H2,1H3. The van der Waals surface area contributed by atoms with Gasteiger partial charge in [0.1, 0.15) is 5.82 Å². The van der Waals surface area contributed by atoms with Gasteiger partial charge in [-0.2, -0.15) is 0 Å². The van der Waals surface area contributed by atoms with Gasteiger partial charge in [0.05, 0.1) is 16.2 Å². The van der Waals surface area contributed by atoms with Crippen molar-refractivity contribution in [1.29, 1.82) is 0 Å². The molecule has 0 saturated carbocycles. The molecule has 1 saturated heterocycles. The number of hydrogen-bond acceptors (Lipinski definition) is 3. The molecule has 1 heterocycles. The van der Waals surface area contributed by atoms with E-state index in [4.69, 9.17) is 16.3 Å². The highest BCUT2D eigenvalue weighted by atomic mass is 35.5. The van der Waals surface area contributed by atoms with Crippen LogP contribution < -0.4 is 0 Å². The Kier molecular flexibility index (Phi) is 4.62. The maximum absolute atomic E-state index is 13.0. The van der Waals surface area contributed by atoms with Crippen LogP contribution in [0.1, 0.15) is 23.2 Å². The molecule has 1 aromatic carbocycles. The Bertz CT molecular complexity index is 503. The molecule has 1 aromatic rings. The van der Waals surface area contributed by atoms with Gasteiger partial charge in [0.2, 0.25) is 0 Å². The molecule has 0 radical (unpaired) electrons. The lowest BCUT2D eigenvalue weighted by Crippen LogP contribution is -2.47. The van der Waals surface area contributed by atoms with Crippen LogP contribution in [0.3, 0.4) is 0 Å². The minimum atomic E-state index is -0.935. The van der Waals surface area contributed by atoms with Gasteiger partial charge in [0.25, 0.3) is 5.91 Å². The number of benzene rings is 1. The van der Waals surface area contributed by atoms with E-state index < -0.39 is 11.4 Å². The highest BCUT2D eigenvalue weighted by Crippen LogP contribution is 2.23. The fourth-order valence-corrected chi connectivity index (χ4v) is 2.54. The number of likely N-dealkylation sites (N-methyl/N-ethyl adjacent to an activating group) is 1. The Morgan fingerprint density at radius 1 is 1.50 bits per heavy atom. The van der Waals surface area contributed by atoms with E-state index in [0.29, 0.717) is 26.1 Å². The average Bonchev–Trinajstić information content (AvgIpc) is 2.38. The second kappa shape index (κ2) is 6.08. The lowest BCUT2D eigenvalue weighted by atomic mass is 9.93. The normalized spacial score (nSPS) is 17.8. The number of carbonyl (C=O) groups excluding carboxylic acids is 1. The number of halogens is 2. The van der Waals surface area contributed by atoms with Gasteiger partial charge in [0.15, 0.2) is 0 Å². The van der Waals surface area contributed by atoms with Gasteiger partial charge in [-0.3, -0.25) is 4.79 Å². The summed E-state index contributed by atoms with van der Waals surface area (Å²) in [5.41, 5.74) is -0.707. The highest BCUT2D eigenvalue weighted by molar-refractivity contribution is 6.33. The lowest BCUT2D eigenvalue weighted by molar-refractivity contribution is -0.0734. The van der Waals surface area contributed by atoms with Gasteiger partial charge in [0, 0.05) is 39.6 Å². The first-order valence-electron chi connectivity index (χ1n) is 6.42. The molecule has 6 heteroatoms. The third-order valence-corrected chi connectivity index (χ3v) is 3.78. The third kappa shape index (κ3) is 3.48. The third-order valence-electron chi connectivity index (χ3n) is 3.46. The fourth-order valence-electron chi connectivity index (χ4n) is 2.29. The summed E-state index contributed by atoms with van der Waals surface area (Å²) in [6.45, 7) is 1.16. The second-order valence-corrected chi connectivity index (χ2v) is 5.53. The quantitative estimate of drug-likeness (QED) is 0.930. The monoisotopic (exact) mass is 301 g/mol. The maximum atomic E-state index is 13.0. The summed E-state index contributed by atoms with van der Waals surface area (Å²) >= 11 is 5.88. The molecule has 20 heavy (non-hydrogen) atoms. The van der Waals surface area contributed by atoms with Crippen LogP contribution in [-0.4, -0.2) is 48.3 Å². The first kappa shape index (κ1) is 15.2. The minimum Gasteiger partial charge on any atom is -0.388 e. The second-order valence-electron chi connectivity index (χ2n) is 5.12. The molecule has 0 atom stereocenters. The number of aliphatic hydroxyl groups is 1. The van der Waals surface area contributed by atoms with Crippen LogP contribution in [0.4, 0.5) is 4.39 Å². The zero-order valence-electron chi connectivity index (χ0n) is 11.2. The van der Waals surface area contributed by atoms with Gasteiger partial charge < -0.3 is 14.7 Å². The van der Waals surface area contributed by atoms with E-state index in [0.717, 1.165) is 6.07 Å². The predicted octanol–water partition coefficient (Wildman–Crippen LogP) is 2.09. The Morgan fingerprint density at radius 3 is 2.75 bits per heavy atom. The zero-order chi connectivity index (χ0) is 14.8. The molecule has 1 aliphatic heterocycles. The number of amides is 1. The summed E-state index contributed by atoms with van der Waals surface area (Å²) in [5.74, 6) is -0.827. The number of hydrogen-bond donors (Lipinski definition) is 1. The SMILES string of the molecule is CN(CC1(O)CCOCC1)C(=O)c1ccc(F)cc1Cl. The summed E-state index contributed by atoms with van der Waals surface area (Å²) in [7, 11) is 1.59. The molecule has 0 aliphatic carbocycles. The Hall–Kier alpha value is -1.17. The molecule has 0 unspecified atom stereocenters. The smallest absolute Gasteiger partial charge is 0.255 e. The van der Waals surface area contributed by atoms with Crippen molar-refractivity contribution in [2.75, 3.05) is 26.8 Å². The topological polar surface area (TPSA) is 49.8 Å². The van der Waals surface area contributed by atoms with Gasteiger partial charge in [-0.05, 0) is 18.2 Å². The van der Waals surface area contributed by atoms with Crippen molar-refractivity contribution >= 4 is 17.5 Å². The average molecular weight is 302 g/mol. The first-order chi connectivity index (χ1) is 9.41. The Morgan fingerprint density at radius 2 is 2.15 bits per heavy atom. The van der Waals surface area contributed by atoms with Crippen molar-refractivity contribution in [3.8, 4) is 0 Å². The molecule has 1 aliphatic rings. The van der Waals surface area contributed by atoms with Gasteiger partial charge >= 0.3 is 0 Å². The molecule has 1 N–H and O–H groups in total. The van der Waals surface area contributed by atoms with Crippen LogP contribution >= 0.6 is 11.6 Å². The van der Waals surface area contributed by atoms with Gasteiger partial charge in [-0.25, -0.2) is 4.39 Å². The number of carbonyl (C=O) groups is 1. The zero-order valence-corrected chi connectivity index (χ0v) is 12.0. The Labute approximate surface area is 122 Å². The molecular weight excluding hydrogens is 285 g/mol. The van der Waals surface area contributed by atoms with Crippen LogP contribution in [-0.2, 0) is 4.74 Å². The number of rotatable bonds is 3. The van der Waals surface area contributed by atoms with Crippen LogP contribution in [0.5, 0.6) is 0 Å². The molecule has 1 amide bonds. The van der Waals surface area contributed by atoms with Crippen molar-refractivity contribution in [2.24, 2.45) is 0 Å². The highest BCUT2D eigenvalue weighted by Gasteiger charge is 2.32. The van der Waals surface area contributed by atoms with E-state index in [9.17, 15) is 14.3 Å².